The molecule has 0 bridgehead atoms. The van der Waals surface area contributed by atoms with Gasteiger partial charge in [-0.3, -0.25) is 4.79 Å². The van der Waals surface area contributed by atoms with E-state index in [0.717, 1.165) is 0 Å². The van der Waals surface area contributed by atoms with Crippen molar-refractivity contribution in [2.45, 2.75) is 0 Å². The Morgan fingerprint density at radius 2 is 1.75 bits per heavy atom. The average molecular weight is 427 g/mol. The molecule has 0 aromatic carbocycles. The van der Waals surface area contributed by atoms with Gasteiger partial charge in [0.1, 0.15) is 0 Å². The number of halogens is 1. The average Bonchev–Trinajstić information content (AvgIpc) is 2.09. The van der Waals surface area contributed by atoms with Crippen LogP contribution in [0.2, 0.25) is 5.15 Å². The summed E-state index contributed by atoms with van der Waals surface area (Å²) < 4.78 is 0. The number of aliphatic imine (C=N–C) groups is 1. The number of nitrogens with zero attached hydrogens (tertiary/aromatic N) is 3. The van der Waals surface area contributed by atoms with Crippen molar-refractivity contribution >= 4 is 35.1 Å². The Morgan fingerprint density at radius 3 is 2.25 bits per heavy atom. The Kier molecular flexibility index (Phi) is 5.18. The van der Waals surface area contributed by atoms with Crippen LogP contribution in [-0.2, 0) is 22.4 Å². The van der Waals surface area contributed by atoms with Gasteiger partial charge in [-0.1, -0.05) is 11.6 Å². The third kappa shape index (κ3) is 3.35. The summed E-state index contributed by atoms with van der Waals surface area (Å²) in [7, 11) is 0. The van der Waals surface area contributed by atoms with E-state index in [1.54, 1.807) is 0 Å². The summed E-state index contributed by atoms with van der Waals surface area (Å²) in [5.41, 5.74) is 20.5. The number of nitrogen functional groups attached to an aromatic ring is 2. The molecule has 10 heteroatoms. The largest absolute Gasteiger partial charge is 0.382 e. The summed E-state index contributed by atoms with van der Waals surface area (Å²) in [6.07, 6.45) is 0. The fourth-order valence-electron chi connectivity index (χ4n) is 0.769. The van der Waals surface area contributed by atoms with Crippen molar-refractivity contribution in [2.24, 2.45) is 16.5 Å². The van der Waals surface area contributed by atoms with Gasteiger partial charge in [0.25, 0.3) is 0 Å². The van der Waals surface area contributed by atoms with Crippen molar-refractivity contribution in [2.75, 3.05) is 11.5 Å². The number of nitrogens with two attached hydrogens (primary N) is 4. The van der Waals surface area contributed by atoms with Gasteiger partial charge in [-0.15, -0.1) is 0 Å². The molecule has 8 nitrogen and oxygen atoms in total. The number of hydrogen-bond donors (Lipinski definition) is 4. The Bertz CT molecular complexity index is 445. The van der Waals surface area contributed by atoms with Crippen molar-refractivity contribution in [1.29, 1.82) is 0 Å². The van der Waals surface area contributed by atoms with Gasteiger partial charge in [0.05, 0.1) is 0 Å². The first-order chi connectivity index (χ1) is 6.91. The van der Waals surface area contributed by atoms with Gasteiger partial charge >= 0.3 is 5.91 Å². The van der Waals surface area contributed by atoms with Crippen LogP contribution in [0.1, 0.15) is 10.5 Å². The predicted molar refractivity (Wildman–Crippen MR) is 56.0 cm³/mol. The number of carbonyl (C=O) groups excluding carboxylic acids is 1. The maximum absolute atomic E-state index is 11.3. The van der Waals surface area contributed by atoms with Gasteiger partial charge in [-0.05, 0) is 0 Å². The number of aromatic nitrogens is 2. The number of anilines is 2. The first-order valence-corrected chi connectivity index (χ1v) is 4.02. The maximum Gasteiger partial charge on any atom is 0.302 e. The van der Waals surface area contributed by atoms with Gasteiger partial charge in [-0.25, -0.2) is 9.97 Å². The van der Waals surface area contributed by atoms with Gasteiger partial charge in [-0.2, -0.15) is 4.99 Å². The molecular formula is C6H8AuClN7O. The van der Waals surface area contributed by atoms with Crippen LogP contribution in [0.5, 0.6) is 0 Å². The van der Waals surface area contributed by atoms with E-state index in [2.05, 4.69) is 15.0 Å². The van der Waals surface area contributed by atoms with Crippen molar-refractivity contribution in [3.63, 3.8) is 0 Å². The summed E-state index contributed by atoms with van der Waals surface area (Å²) in [6.45, 7) is 0. The Morgan fingerprint density at radius 1 is 1.19 bits per heavy atom. The zero-order valence-corrected chi connectivity index (χ0v) is 10.7. The maximum atomic E-state index is 11.3. The van der Waals surface area contributed by atoms with E-state index in [1.165, 1.54) is 0 Å². The molecule has 0 saturated carbocycles. The van der Waals surface area contributed by atoms with E-state index in [4.69, 9.17) is 34.5 Å². The number of amides is 1. The molecule has 0 fully saturated rings. The molecule has 1 rings (SSSR count). The summed E-state index contributed by atoms with van der Waals surface area (Å²) in [4.78, 5) is 21.7. The summed E-state index contributed by atoms with van der Waals surface area (Å²) in [5, 5.41) is -0.140. The van der Waals surface area contributed by atoms with Crippen LogP contribution < -0.4 is 22.9 Å². The van der Waals surface area contributed by atoms with Crippen LogP contribution in [-0.4, -0.2) is 21.8 Å². The van der Waals surface area contributed by atoms with E-state index in [-0.39, 0.29) is 44.9 Å². The first-order valence-electron chi connectivity index (χ1n) is 3.64. The molecule has 0 spiro atoms. The predicted octanol–water partition coefficient (Wildman–Crippen LogP) is -1.29. The van der Waals surface area contributed by atoms with Crippen LogP contribution >= 0.6 is 11.6 Å². The van der Waals surface area contributed by atoms with Gasteiger partial charge in [0.15, 0.2) is 28.4 Å². The summed E-state index contributed by atoms with van der Waals surface area (Å²) in [6, 6.07) is 0. The Labute approximate surface area is 111 Å². The summed E-state index contributed by atoms with van der Waals surface area (Å²) in [5.74, 6) is -1.50. The van der Waals surface area contributed by atoms with Crippen LogP contribution in [0.3, 0.4) is 0 Å². The first kappa shape index (κ1) is 14.7. The molecule has 0 saturated heterocycles. The third-order valence-electron chi connectivity index (χ3n) is 1.34. The molecule has 91 valence electrons. The minimum absolute atomic E-state index is 0. The third-order valence-corrected chi connectivity index (χ3v) is 1.62. The van der Waals surface area contributed by atoms with Crippen LogP contribution in [0, 0.1) is 0 Å². The quantitative estimate of drug-likeness (QED) is 0.247. The molecule has 1 heterocycles. The number of guanidine groups is 1. The molecule has 0 aliphatic heterocycles. The topological polar surface area (TPSA) is 159 Å². The Hall–Kier alpha value is -1.35. The second-order valence-corrected chi connectivity index (χ2v) is 2.83. The van der Waals surface area contributed by atoms with E-state index in [0.29, 0.717) is 0 Å². The fourth-order valence-corrected chi connectivity index (χ4v) is 0.896. The standard InChI is InChI=1S/C6H8ClN7O.Au/c7-2-4(9)13-3(8)1(12-2)5(15)14-6(10)11;/h(H4,8,9,13)(H4,10,11,14,15);. The van der Waals surface area contributed by atoms with E-state index in [9.17, 15) is 4.79 Å². The molecule has 1 amide bonds. The van der Waals surface area contributed by atoms with Crippen molar-refractivity contribution in [3.05, 3.63) is 10.8 Å². The molecule has 0 atom stereocenters. The second kappa shape index (κ2) is 5.66. The smallest absolute Gasteiger partial charge is 0.302 e. The van der Waals surface area contributed by atoms with Crippen LogP contribution in [0.4, 0.5) is 11.6 Å². The van der Waals surface area contributed by atoms with Crippen molar-refractivity contribution < 1.29 is 27.2 Å². The molecule has 16 heavy (non-hydrogen) atoms. The van der Waals surface area contributed by atoms with Crippen molar-refractivity contribution in [3.8, 4) is 0 Å². The number of hydrogen-bond acceptors (Lipinski definition) is 5. The fraction of sp³-hybridized carbons (Fsp3) is 0. The number of carbonyl (C=O) groups is 1. The zero-order valence-electron chi connectivity index (χ0n) is 7.74. The summed E-state index contributed by atoms with van der Waals surface area (Å²) >= 11 is 5.55. The van der Waals surface area contributed by atoms with Crippen LogP contribution in [0.15, 0.2) is 4.99 Å². The normalized spacial score (nSPS) is 9.06. The molecule has 1 aromatic heterocycles. The van der Waals surface area contributed by atoms with Gasteiger partial charge < -0.3 is 22.9 Å². The molecule has 1 aromatic rings. The molecular weight excluding hydrogens is 419 g/mol. The van der Waals surface area contributed by atoms with E-state index >= 15 is 0 Å². The van der Waals surface area contributed by atoms with E-state index in [1.807, 2.05) is 0 Å². The zero-order chi connectivity index (χ0) is 11.6. The molecule has 0 aliphatic rings. The van der Waals surface area contributed by atoms with Gasteiger partial charge in [0.2, 0.25) is 0 Å². The Balaban J connectivity index is 0.00000225. The number of rotatable bonds is 1. The molecule has 0 unspecified atom stereocenters. The molecule has 0 aliphatic carbocycles. The van der Waals surface area contributed by atoms with Crippen molar-refractivity contribution in [1.82, 2.24) is 9.97 Å². The van der Waals surface area contributed by atoms with E-state index < -0.39 is 11.9 Å². The minimum atomic E-state index is -0.832. The molecule has 8 N–H and O–H groups in total. The van der Waals surface area contributed by atoms with Gasteiger partial charge in [0, 0.05) is 22.4 Å². The minimum Gasteiger partial charge on any atom is -0.382 e. The molecule has 1 radical (unpaired) electrons. The van der Waals surface area contributed by atoms with Crippen LogP contribution in [0.25, 0.3) is 0 Å². The SMILES string of the molecule is NC(N)=NC(=O)c1nc(Cl)c(N)nc1N.[Au]. The second-order valence-electron chi connectivity index (χ2n) is 2.48. The monoisotopic (exact) mass is 426 g/mol.